The van der Waals surface area contributed by atoms with Crippen LogP contribution in [0.2, 0.25) is 0 Å². The van der Waals surface area contributed by atoms with Gasteiger partial charge in [0.25, 0.3) is 5.91 Å². The summed E-state index contributed by atoms with van der Waals surface area (Å²) in [6, 6.07) is 16.6. The summed E-state index contributed by atoms with van der Waals surface area (Å²) in [5.41, 5.74) is 3.06. The second-order valence-corrected chi connectivity index (χ2v) is 8.45. The zero-order valence-corrected chi connectivity index (χ0v) is 19.1. The lowest BCUT2D eigenvalue weighted by Crippen LogP contribution is -2.32. The first-order chi connectivity index (χ1) is 17.0. The van der Waals surface area contributed by atoms with Gasteiger partial charge in [0.05, 0.1) is 25.4 Å². The minimum absolute atomic E-state index is 0.0438. The lowest BCUT2D eigenvalue weighted by molar-refractivity contribution is -0.0512. The van der Waals surface area contributed by atoms with Crippen molar-refractivity contribution in [3.8, 4) is 11.5 Å². The number of hydrogen-bond acceptors (Lipinski definition) is 5. The molecule has 5 rings (SSSR count). The number of aromatic nitrogens is 3. The summed E-state index contributed by atoms with van der Waals surface area (Å²) >= 11 is 0. The van der Waals surface area contributed by atoms with Crippen molar-refractivity contribution in [2.24, 2.45) is 0 Å². The zero-order chi connectivity index (χ0) is 24.4. The summed E-state index contributed by atoms with van der Waals surface area (Å²) in [6.07, 6.45) is 5.14. The van der Waals surface area contributed by atoms with Crippen LogP contribution in [-0.4, -0.2) is 45.3 Å². The van der Waals surface area contributed by atoms with Crippen LogP contribution >= 0.6 is 0 Å². The van der Waals surface area contributed by atoms with E-state index in [9.17, 15) is 13.6 Å². The van der Waals surface area contributed by atoms with Gasteiger partial charge in [-0.25, -0.2) is 9.67 Å². The van der Waals surface area contributed by atoms with Crippen molar-refractivity contribution in [2.45, 2.75) is 38.6 Å². The predicted molar refractivity (Wildman–Crippen MR) is 126 cm³/mol. The smallest absolute Gasteiger partial charge is 0.387 e. The van der Waals surface area contributed by atoms with Crippen LogP contribution in [0.4, 0.5) is 8.78 Å². The number of alkyl halides is 2. The standard InChI is InChI=1S/C26H24F2N4O3/c1-34-23-11-18(7-10-22(23)35-26(27)28)15-31(21-8-9-21)25(33)20-12-19-14-30-32(24(19)29-13-20)16-17-5-3-2-4-6-17/h2-7,10-14,21,26H,8-9,15-16H2,1H3. The van der Waals surface area contributed by atoms with Crippen LogP contribution in [0.3, 0.4) is 0 Å². The van der Waals surface area contributed by atoms with Crippen LogP contribution in [0.15, 0.2) is 67.0 Å². The van der Waals surface area contributed by atoms with Crippen molar-refractivity contribution in [3.05, 3.63) is 83.7 Å². The predicted octanol–water partition coefficient (Wildman–Crippen LogP) is 4.89. The van der Waals surface area contributed by atoms with Crippen LogP contribution < -0.4 is 9.47 Å². The van der Waals surface area contributed by atoms with Gasteiger partial charge < -0.3 is 14.4 Å². The number of hydrogen-bond donors (Lipinski definition) is 0. The molecule has 2 aromatic heterocycles. The molecular formula is C26H24F2N4O3. The summed E-state index contributed by atoms with van der Waals surface area (Å²) < 4.78 is 36.8. The van der Waals surface area contributed by atoms with Gasteiger partial charge in [-0.1, -0.05) is 36.4 Å². The minimum Gasteiger partial charge on any atom is -0.493 e. The van der Waals surface area contributed by atoms with Crippen LogP contribution in [0.25, 0.3) is 11.0 Å². The Hall–Kier alpha value is -4.01. The van der Waals surface area contributed by atoms with Crippen molar-refractivity contribution in [1.29, 1.82) is 0 Å². The zero-order valence-electron chi connectivity index (χ0n) is 19.1. The molecule has 1 fully saturated rings. The Labute approximate surface area is 200 Å². The Morgan fingerprint density at radius 2 is 1.89 bits per heavy atom. The number of fused-ring (bicyclic) bond motifs is 1. The SMILES string of the molecule is COc1cc(CN(C(=O)c2cnc3c(cnn3Cc3ccccc3)c2)C2CC2)ccc1OC(F)F. The molecule has 35 heavy (non-hydrogen) atoms. The van der Waals surface area contributed by atoms with Crippen LogP contribution in [0, 0.1) is 0 Å². The molecule has 1 aliphatic carbocycles. The van der Waals surface area contributed by atoms with Gasteiger partial charge in [0.2, 0.25) is 0 Å². The molecule has 2 heterocycles. The van der Waals surface area contributed by atoms with E-state index in [0.29, 0.717) is 24.3 Å². The Kier molecular flexibility index (Phi) is 6.31. The molecule has 0 spiro atoms. The van der Waals surface area contributed by atoms with E-state index in [4.69, 9.17) is 4.74 Å². The van der Waals surface area contributed by atoms with Crippen molar-refractivity contribution >= 4 is 16.9 Å². The van der Waals surface area contributed by atoms with Gasteiger partial charge in [-0.3, -0.25) is 4.79 Å². The van der Waals surface area contributed by atoms with E-state index in [1.54, 1.807) is 29.4 Å². The van der Waals surface area contributed by atoms with Gasteiger partial charge in [-0.2, -0.15) is 13.9 Å². The third-order valence-electron chi connectivity index (χ3n) is 5.94. The molecule has 0 bridgehead atoms. The van der Waals surface area contributed by atoms with Crippen molar-refractivity contribution in [1.82, 2.24) is 19.7 Å². The summed E-state index contributed by atoms with van der Waals surface area (Å²) in [7, 11) is 1.39. The van der Waals surface area contributed by atoms with E-state index in [2.05, 4.69) is 14.8 Å². The Balaban J connectivity index is 1.36. The first-order valence-corrected chi connectivity index (χ1v) is 11.3. The van der Waals surface area contributed by atoms with Gasteiger partial charge >= 0.3 is 6.61 Å². The molecule has 0 saturated heterocycles. The first kappa shape index (κ1) is 22.8. The van der Waals surface area contributed by atoms with Gasteiger partial charge in [0, 0.05) is 24.2 Å². The number of benzene rings is 2. The third-order valence-corrected chi connectivity index (χ3v) is 5.94. The second kappa shape index (κ2) is 9.69. The Morgan fingerprint density at radius 3 is 2.60 bits per heavy atom. The molecule has 0 atom stereocenters. The average molecular weight is 478 g/mol. The topological polar surface area (TPSA) is 69.5 Å². The lowest BCUT2D eigenvalue weighted by atomic mass is 10.1. The van der Waals surface area contributed by atoms with Crippen LogP contribution in [-0.2, 0) is 13.1 Å². The first-order valence-electron chi connectivity index (χ1n) is 11.3. The number of carbonyl (C=O) groups is 1. The van der Waals surface area contributed by atoms with Gasteiger partial charge in [0.15, 0.2) is 17.1 Å². The van der Waals surface area contributed by atoms with Gasteiger partial charge in [0.1, 0.15) is 0 Å². The summed E-state index contributed by atoms with van der Waals surface area (Å²) in [4.78, 5) is 19.8. The highest BCUT2D eigenvalue weighted by Crippen LogP contribution is 2.33. The van der Waals surface area contributed by atoms with E-state index >= 15 is 0 Å². The monoisotopic (exact) mass is 478 g/mol. The maximum atomic E-state index is 13.4. The number of amides is 1. The number of methoxy groups -OCH3 is 1. The fourth-order valence-corrected chi connectivity index (χ4v) is 4.08. The molecule has 1 amide bonds. The van der Waals surface area contributed by atoms with E-state index < -0.39 is 6.61 Å². The Morgan fingerprint density at radius 1 is 1.09 bits per heavy atom. The number of carbonyl (C=O) groups excluding carboxylic acids is 1. The molecule has 180 valence electrons. The highest BCUT2D eigenvalue weighted by molar-refractivity contribution is 5.97. The third kappa shape index (κ3) is 5.08. The average Bonchev–Trinajstić information content (AvgIpc) is 3.64. The fourth-order valence-electron chi connectivity index (χ4n) is 4.08. The molecule has 0 radical (unpaired) electrons. The molecule has 0 aliphatic heterocycles. The number of halogens is 2. The van der Waals surface area contributed by atoms with Crippen molar-refractivity contribution < 1.29 is 23.0 Å². The van der Waals surface area contributed by atoms with Crippen LogP contribution in [0.1, 0.15) is 34.3 Å². The number of pyridine rings is 1. The van der Waals surface area contributed by atoms with Crippen LogP contribution in [0.5, 0.6) is 11.5 Å². The van der Waals surface area contributed by atoms with E-state index in [0.717, 1.165) is 29.4 Å². The molecule has 4 aromatic rings. The molecule has 1 saturated carbocycles. The largest absolute Gasteiger partial charge is 0.493 e. The molecule has 9 heteroatoms. The summed E-state index contributed by atoms with van der Waals surface area (Å²) in [6.45, 7) is -2.04. The second-order valence-electron chi connectivity index (χ2n) is 8.45. The molecular weight excluding hydrogens is 454 g/mol. The molecule has 7 nitrogen and oxygen atoms in total. The quantitative estimate of drug-likeness (QED) is 0.343. The molecule has 0 N–H and O–H groups in total. The summed E-state index contributed by atoms with van der Waals surface area (Å²) in [5, 5.41) is 5.24. The lowest BCUT2D eigenvalue weighted by Gasteiger charge is -2.23. The fraction of sp³-hybridized carbons (Fsp3) is 0.269. The minimum atomic E-state index is -2.95. The number of rotatable bonds is 9. The van der Waals surface area contributed by atoms with Gasteiger partial charge in [-0.05, 0) is 42.2 Å². The van der Waals surface area contributed by atoms with E-state index in [1.165, 1.54) is 13.2 Å². The Bertz CT molecular complexity index is 1340. The van der Waals surface area contributed by atoms with E-state index in [1.807, 2.05) is 41.1 Å². The molecule has 2 aromatic carbocycles. The summed E-state index contributed by atoms with van der Waals surface area (Å²) in [5.74, 6) is 0.0159. The highest BCUT2D eigenvalue weighted by Gasteiger charge is 2.33. The number of nitrogens with zero attached hydrogens (tertiary/aromatic N) is 4. The normalized spacial score (nSPS) is 13.3. The highest BCUT2D eigenvalue weighted by atomic mass is 19.3. The van der Waals surface area contributed by atoms with Gasteiger partial charge in [-0.15, -0.1) is 0 Å². The molecule has 1 aliphatic rings. The number of ether oxygens (including phenoxy) is 2. The molecule has 0 unspecified atom stereocenters. The van der Waals surface area contributed by atoms with E-state index in [-0.39, 0.29) is 23.4 Å². The van der Waals surface area contributed by atoms with Crippen molar-refractivity contribution in [2.75, 3.05) is 7.11 Å². The maximum absolute atomic E-state index is 13.4. The maximum Gasteiger partial charge on any atom is 0.387 e. The van der Waals surface area contributed by atoms with Crippen molar-refractivity contribution in [3.63, 3.8) is 0 Å².